The number of carbonyl (C=O) groups excluding carboxylic acids is 1. The highest BCUT2D eigenvalue weighted by Gasteiger charge is 2.25. The number of aliphatic hydroxyl groups is 1. The van der Waals surface area contributed by atoms with Crippen molar-refractivity contribution < 1.29 is 14.3 Å². The second-order valence-electron chi connectivity index (χ2n) is 5.73. The summed E-state index contributed by atoms with van der Waals surface area (Å²) in [5.41, 5.74) is 1.84. The smallest absolute Gasteiger partial charge is 0.254 e. The van der Waals surface area contributed by atoms with Crippen molar-refractivity contribution >= 4 is 18.3 Å². The van der Waals surface area contributed by atoms with E-state index in [9.17, 15) is 14.3 Å². The van der Waals surface area contributed by atoms with Crippen LogP contribution in [0.4, 0.5) is 4.39 Å². The molecule has 1 fully saturated rings. The third-order valence-corrected chi connectivity index (χ3v) is 4.15. The molecule has 6 nitrogen and oxygen atoms in total. The molecule has 8 heteroatoms. The monoisotopic (exact) mass is 354 g/mol. The molecular weight excluding hydrogens is 335 g/mol. The highest BCUT2D eigenvalue weighted by Crippen LogP contribution is 2.15. The van der Waals surface area contributed by atoms with E-state index >= 15 is 0 Å². The summed E-state index contributed by atoms with van der Waals surface area (Å²) >= 11 is 0. The first-order valence-corrected chi connectivity index (χ1v) is 7.54. The Morgan fingerprint density at radius 2 is 2.12 bits per heavy atom. The zero-order valence-electron chi connectivity index (χ0n) is 13.2. The molecule has 0 spiro atoms. The zero-order valence-corrected chi connectivity index (χ0v) is 14.0. The van der Waals surface area contributed by atoms with Gasteiger partial charge in [-0.05, 0) is 31.2 Å². The molecule has 0 saturated carbocycles. The van der Waals surface area contributed by atoms with E-state index in [1.807, 2.05) is 0 Å². The van der Waals surface area contributed by atoms with Crippen LogP contribution in [0.15, 0.2) is 30.5 Å². The maximum absolute atomic E-state index is 13.0. The van der Waals surface area contributed by atoms with E-state index in [1.54, 1.807) is 23.7 Å². The van der Waals surface area contributed by atoms with Crippen LogP contribution in [0.2, 0.25) is 0 Å². The van der Waals surface area contributed by atoms with Crippen molar-refractivity contribution in [1.29, 1.82) is 0 Å². The molecule has 1 saturated heterocycles. The van der Waals surface area contributed by atoms with Crippen LogP contribution in [-0.4, -0.2) is 46.5 Å². The normalized spacial score (nSPS) is 19.8. The van der Waals surface area contributed by atoms with Crippen molar-refractivity contribution in [2.24, 2.45) is 5.92 Å². The fraction of sp³-hybridized carbons (Fsp3) is 0.375. The Morgan fingerprint density at radius 1 is 1.42 bits per heavy atom. The number of nitrogens with zero attached hydrogens (tertiary/aromatic N) is 2. The number of amides is 1. The van der Waals surface area contributed by atoms with E-state index < -0.39 is 6.10 Å². The van der Waals surface area contributed by atoms with Crippen molar-refractivity contribution in [3.8, 4) is 5.69 Å². The van der Waals surface area contributed by atoms with Gasteiger partial charge in [0.1, 0.15) is 5.82 Å². The Kier molecular flexibility index (Phi) is 5.93. The molecule has 2 atom stereocenters. The highest BCUT2D eigenvalue weighted by atomic mass is 35.5. The van der Waals surface area contributed by atoms with Crippen LogP contribution >= 0.6 is 12.4 Å². The number of β-amino-alcohol motifs (C(OH)–C–C–N with tert-alkyl or cyclic N) is 1. The highest BCUT2D eigenvalue weighted by molar-refractivity contribution is 5.95. The van der Waals surface area contributed by atoms with Crippen molar-refractivity contribution in [3.05, 3.63) is 47.5 Å². The van der Waals surface area contributed by atoms with Crippen LogP contribution in [0.1, 0.15) is 16.1 Å². The van der Waals surface area contributed by atoms with Gasteiger partial charge in [0.05, 0.1) is 29.2 Å². The summed E-state index contributed by atoms with van der Waals surface area (Å²) in [4.78, 5) is 12.3. The maximum atomic E-state index is 13.0. The molecule has 130 valence electrons. The summed E-state index contributed by atoms with van der Waals surface area (Å²) < 4.78 is 14.6. The fourth-order valence-electron chi connectivity index (χ4n) is 2.72. The second kappa shape index (κ2) is 7.74. The summed E-state index contributed by atoms with van der Waals surface area (Å²) in [5, 5.41) is 19.9. The summed E-state index contributed by atoms with van der Waals surface area (Å²) in [6.45, 7) is 3.45. The van der Waals surface area contributed by atoms with Gasteiger partial charge in [-0.25, -0.2) is 9.07 Å². The van der Waals surface area contributed by atoms with Crippen LogP contribution in [0.5, 0.6) is 0 Å². The number of nitrogens with one attached hydrogen (secondary N) is 2. The molecule has 1 aromatic carbocycles. The summed E-state index contributed by atoms with van der Waals surface area (Å²) in [7, 11) is 0. The average molecular weight is 355 g/mol. The lowest BCUT2D eigenvalue weighted by molar-refractivity contribution is 0.0926. The quantitative estimate of drug-likeness (QED) is 0.767. The van der Waals surface area contributed by atoms with Gasteiger partial charge in [-0.1, -0.05) is 0 Å². The standard InChI is InChI=1S/C16H19FN4O2.ClH/c1-10-14(16(23)19-7-11-6-18-9-15(11)22)8-20-21(10)13-4-2-12(17)3-5-13;/h2-5,8,11,15,18,22H,6-7,9H2,1H3,(H,19,23);1H. The zero-order chi connectivity index (χ0) is 16.4. The van der Waals surface area contributed by atoms with Gasteiger partial charge in [0.25, 0.3) is 5.91 Å². The van der Waals surface area contributed by atoms with Gasteiger partial charge in [-0.2, -0.15) is 5.10 Å². The molecule has 2 unspecified atom stereocenters. The lowest BCUT2D eigenvalue weighted by Gasteiger charge is -2.14. The average Bonchev–Trinajstić information content (AvgIpc) is 3.12. The number of hydrogen-bond donors (Lipinski definition) is 3. The first kappa shape index (κ1) is 18.4. The van der Waals surface area contributed by atoms with E-state index in [2.05, 4.69) is 15.7 Å². The molecule has 1 aromatic heterocycles. The van der Waals surface area contributed by atoms with Gasteiger partial charge in [-0.3, -0.25) is 4.79 Å². The lowest BCUT2D eigenvalue weighted by atomic mass is 10.1. The third kappa shape index (κ3) is 3.75. The minimum atomic E-state index is -0.432. The van der Waals surface area contributed by atoms with E-state index in [-0.39, 0.29) is 30.0 Å². The molecule has 24 heavy (non-hydrogen) atoms. The maximum Gasteiger partial charge on any atom is 0.254 e. The lowest BCUT2D eigenvalue weighted by Crippen LogP contribution is -2.34. The number of carbonyl (C=O) groups is 1. The van der Waals surface area contributed by atoms with Gasteiger partial charge in [0, 0.05) is 25.6 Å². The summed E-state index contributed by atoms with van der Waals surface area (Å²) in [6, 6.07) is 5.92. The van der Waals surface area contributed by atoms with Crippen molar-refractivity contribution in [2.75, 3.05) is 19.6 Å². The molecule has 0 bridgehead atoms. The molecule has 3 rings (SSSR count). The van der Waals surface area contributed by atoms with Crippen molar-refractivity contribution in [2.45, 2.75) is 13.0 Å². The van der Waals surface area contributed by atoms with E-state index in [0.29, 0.717) is 36.6 Å². The fourth-order valence-corrected chi connectivity index (χ4v) is 2.72. The van der Waals surface area contributed by atoms with Crippen LogP contribution in [0, 0.1) is 18.7 Å². The van der Waals surface area contributed by atoms with Crippen molar-refractivity contribution in [1.82, 2.24) is 20.4 Å². The van der Waals surface area contributed by atoms with Gasteiger partial charge in [0.15, 0.2) is 0 Å². The van der Waals surface area contributed by atoms with Crippen LogP contribution in [-0.2, 0) is 0 Å². The predicted octanol–water partition coefficient (Wildman–Crippen LogP) is 1.05. The first-order chi connectivity index (χ1) is 11.1. The Balaban J connectivity index is 0.00000208. The van der Waals surface area contributed by atoms with E-state index in [4.69, 9.17) is 0 Å². The van der Waals surface area contributed by atoms with Crippen molar-refractivity contribution in [3.63, 3.8) is 0 Å². The first-order valence-electron chi connectivity index (χ1n) is 7.54. The van der Waals surface area contributed by atoms with Gasteiger partial charge in [0.2, 0.25) is 0 Å². The van der Waals surface area contributed by atoms with E-state index in [0.717, 1.165) is 0 Å². The summed E-state index contributed by atoms with van der Waals surface area (Å²) in [6.07, 6.45) is 1.07. The molecular formula is C16H20ClFN4O2. The van der Waals surface area contributed by atoms with Crippen LogP contribution < -0.4 is 10.6 Å². The minimum absolute atomic E-state index is 0. The Bertz CT molecular complexity index is 705. The molecule has 0 aliphatic carbocycles. The van der Waals surface area contributed by atoms with E-state index in [1.165, 1.54) is 18.3 Å². The second-order valence-corrected chi connectivity index (χ2v) is 5.73. The molecule has 3 N–H and O–H groups in total. The Labute approximate surface area is 145 Å². The molecule has 1 aliphatic rings. The molecule has 1 aliphatic heterocycles. The number of hydrogen-bond acceptors (Lipinski definition) is 4. The van der Waals surface area contributed by atoms with Gasteiger partial charge >= 0.3 is 0 Å². The number of rotatable bonds is 4. The Morgan fingerprint density at radius 3 is 2.75 bits per heavy atom. The van der Waals surface area contributed by atoms with Crippen LogP contribution in [0.3, 0.4) is 0 Å². The molecule has 2 aromatic rings. The Hall–Kier alpha value is -1.96. The minimum Gasteiger partial charge on any atom is -0.391 e. The van der Waals surface area contributed by atoms with Gasteiger partial charge < -0.3 is 15.7 Å². The predicted molar refractivity (Wildman–Crippen MR) is 90.2 cm³/mol. The third-order valence-electron chi connectivity index (χ3n) is 4.15. The number of aliphatic hydroxyl groups excluding tert-OH is 1. The number of benzene rings is 1. The van der Waals surface area contributed by atoms with Crippen LogP contribution in [0.25, 0.3) is 5.69 Å². The largest absolute Gasteiger partial charge is 0.391 e. The molecule has 2 heterocycles. The SMILES string of the molecule is Cc1c(C(=O)NCC2CNCC2O)cnn1-c1ccc(F)cc1.Cl. The molecule has 1 amide bonds. The topological polar surface area (TPSA) is 79.2 Å². The summed E-state index contributed by atoms with van der Waals surface area (Å²) in [5.74, 6) is -0.526. The number of halogens is 2. The molecule has 0 radical (unpaired) electrons. The number of aromatic nitrogens is 2. The van der Waals surface area contributed by atoms with Gasteiger partial charge in [-0.15, -0.1) is 12.4 Å².